The number of aromatic nitrogens is 1. The Morgan fingerprint density at radius 3 is 2.91 bits per heavy atom. The smallest absolute Gasteiger partial charge is 0.354 e. The van der Waals surface area contributed by atoms with Crippen molar-refractivity contribution in [3.05, 3.63) is 29.6 Å². The number of nitrogens with zero attached hydrogens (tertiary/aromatic N) is 2. The van der Waals surface area contributed by atoms with Gasteiger partial charge in [-0.15, -0.1) is 0 Å². The molecule has 1 aliphatic heterocycles. The summed E-state index contributed by atoms with van der Waals surface area (Å²) in [5.41, 5.74) is -0.0310. The molecular formula is C16H22N2O4. The molecule has 2 rings (SSSR count). The Morgan fingerprint density at radius 2 is 2.27 bits per heavy atom. The predicted molar refractivity (Wildman–Crippen MR) is 81.0 cm³/mol. The maximum atomic E-state index is 12.8. The highest BCUT2D eigenvalue weighted by atomic mass is 16.5. The van der Waals surface area contributed by atoms with E-state index in [-0.39, 0.29) is 17.1 Å². The quantitative estimate of drug-likeness (QED) is 0.871. The molecule has 2 heterocycles. The molecule has 1 aromatic heterocycles. The number of ether oxygens (including phenoxy) is 1. The summed E-state index contributed by atoms with van der Waals surface area (Å²) >= 11 is 0. The summed E-state index contributed by atoms with van der Waals surface area (Å²) in [5, 5.41) is 9.02. The molecule has 1 amide bonds. The second kappa shape index (κ2) is 6.87. The SMILES string of the molecule is CCCC1(COC)CCCN1C(=O)c1ccnc(C(=O)O)c1. The fourth-order valence-corrected chi connectivity index (χ4v) is 3.31. The van der Waals surface area contributed by atoms with E-state index in [1.54, 1.807) is 13.2 Å². The minimum Gasteiger partial charge on any atom is -0.477 e. The number of aromatic carboxylic acids is 1. The standard InChI is InChI=1S/C16H22N2O4/c1-3-6-16(11-22-2)7-4-9-18(16)14(19)12-5-8-17-13(10-12)15(20)21/h5,8,10H,3-4,6-7,9,11H2,1-2H3,(H,20,21). The number of carboxylic acids is 1. The summed E-state index contributed by atoms with van der Waals surface area (Å²) in [6.07, 6.45) is 5.06. The third kappa shape index (κ3) is 3.11. The van der Waals surface area contributed by atoms with E-state index in [4.69, 9.17) is 9.84 Å². The van der Waals surface area contributed by atoms with E-state index < -0.39 is 5.97 Å². The summed E-state index contributed by atoms with van der Waals surface area (Å²) < 4.78 is 5.36. The van der Waals surface area contributed by atoms with Crippen LogP contribution in [0.15, 0.2) is 18.3 Å². The summed E-state index contributed by atoms with van der Waals surface area (Å²) in [5.74, 6) is -1.28. The molecule has 6 nitrogen and oxygen atoms in total. The lowest BCUT2D eigenvalue weighted by atomic mass is 9.91. The van der Waals surface area contributed by atoms with Gasteiger partial charge >= 0.3 is 5.97 Å². The van der Waals surface area contributed by atoms with Crippen LogP contribution in [0.2, 0.25) is 0 Å². The molecule has 1 fully saturated rings. The zero-order chi connectivity index (χ0) is 16.2. The molecule has 1 atom stereocenters. The largest absolute Gasteiger partial charge is 0.477 e. The molecule has 1 aromatic rings. The van der Waals surface area contributed by atoms with Crippen LogP contribution in [0.25, 0.3) is 0 Å². The minimum atomic E-state index is -1.13. The van der Waals surface area contributed by atoms with Crippen LogP contribution in [0, 0.1) is 0 Å². The van der Waals surface area contributed by atoms with E-state index in [0.29, 0.717) is 18.7 Å². The van der Waals surface area contributed by atoms with Crippen LogP contribution in [0.1, 0.15) is 53.5 Å². The minimum absolute atomic E-state index is 0.113. The van der Waals surface area contributed by atoms with E-state index in [9.17, 15) is 9.59 Å². The van der Waals surface area contributed by atoms with Crippen molar-refractivity contribution in [2.75, 3.05) is 20.3 Å². The summed E-state index contributed by atoms with van der Waals surface area (Å²) in [4.78, 5) is 29.5. The van der Waals surface area contributed by atoms with Crippen molar-refractivity contribution >= 4 is 11.9 Å². The summed E-state index contributed by atoms with van der Waals surface area (Å²) in [6, 6.07) is 2.91. The predicted octanol–water partition coefficient (Wildman–Crippen LogP) is 2.20. The average Bonchev–Trinajstić information content (AvgIpc) is 2.91. The number of rotatable bonds is 6. The summed E-state index contributed by atoms with van der Waals surface area (Å²) in [6.45, 7) is 3.27. The van der Waals surface area contributed by atoms with Gasteiger partial charge in [0.15, 0.2) is 0 Å². The zero-order valence-electron chi connectivity index (χ0n) is 13.0. The van der Waals surface area contributed by atoms with Gasteiger partial charge < -0.3 is 14.7 Å². The molecule has 120 valence electrons. The van der Waals surface area contributed by atoms with Crippen molar-refractivity contribution in [2.24, 2.45) is 0 Å². The Morgan fingerprint density at radius 1 is 1.50 bits per heavy atom. The van der Waals surface area contributed by atoms with Crippen molar-refractivity contribution in [1.82, 2.24) is 9.88 Å². The molecule has 0 spiro atoms. The number of carbonyl (C=O) groups excluding carboxylic acids is 1. The molecule has 0 bridgehead atoms. The van der Waals surface area contributed by atoms with Gasteiger partial charge in [0, 0.05) is 25.4 Å². The Kier molecular flexibility index (Phi) is 5.13. The number of methoxy groups -OCH3 is 1. The molecular weight excluding hydrogens is 284 g/mol. The molecule has 0 radical (unpaired) electrons. The monoisotopic (exact) mass is 306 g/mol. The normalized spacial score (nSPS) is 21.1. The van der Waals surface area contributed by atoms with Crippen LogP contribution in [-0.2, 0) is 4.74 Å². The number of carbonyl (C=O) groups is 2. The number of amides is 1. The molecule has 1 saturated heterocycles. The number of carboxylic acid groups (broad SMARTS) is 1. The number of pyridine rings is 1. The first-order chi connectivity index (χ1) is 10.5. The van der Waals surface area contributed by atoms with Gasteiger partial charge in [0.1, 0.15) is 5.69 Å². The molecule has 0 saturated carbocycles. The van der Waals surface area contributed by atoms with Gasteiger partial charge in [0.05, 0.1) is 12.1 Å². The van der Waals surface area contributed by atoms with E-state index in [1.165, 1.54) is 12.3 Å². The maximum Gasteiger partial charge on any atom is 0.354 e. The molecule has 1 unspecified atom stereocenters. The van der Waals surface area contributed by atoms with Crippen molar-refractivity contribution in [1.29, 1.82) is 0 Å². The van der Waals surface area contributed by atoms with Crippen molar-refractivity contribution < 1.29 is 19.4 Å². The zero-order valence-corrected chi connectivity index (χ0v) is 13.0. The lowest BCUT2D eigenvalue weighted by Gasteiger charge is -2.38. The number of hydrogen-bond acceptors (Lipinski definition) is 4. The maximum absolute atomic E-state index is 12.8. The topological polar surface area (TPSA) is 79.7 Å². The Balaban J connectivity index is 2.30. The van der Waals surface area contributed by atoms with Crippen LogP contribution in [0.4, 0.5) is 0 Å². The third-order valence-corrected chi connectivity index (χ3v) is 4.20. The van der Waals surface area contributed by atoms with E-state index >= 15 is 0 Å². The average molecular weight is 306 g/mol. The summed E-state index contributed by atoms with van der Waals surface area (Å²) in [7, 11) is 1.65. The highest BCUT2D eigenvalue weighted by Gasteiger charge is 2.43. The fourth-order valence-electron chi connectivity index (χ4n) is 3.31. The highest BCUT2D eigenvalue weighted by Crippen LogP contribution is 2.35. The molecule has 22 heavy (non-hydrogen) atoms. The van der Waals surface area contributed by atoms with Gasteiger partial charge in [-0.05, 0) is 31.4 Å². The molecule has 1 aliphatic rings. The number of hydrogen-bond donors (Lipinski definition) is 1. The van der Waals surface area contributed by atoms with E-state index in [2.05, 4.69) is 11.9 Å². The van der Waals surface area contributed by atoms with E-state index in [1.807, 2.05) is 4.90 Å². The van der Waals surface area contributed by atoms with Crippen LogP contribution in [0.5, 0.6) is 0 Å². The van der Waals surface area contributed by atoms with Crippen molar-refractivity contribution in [2.45, 2.75) is 38.1 Å². The van der Waals surface area contributed by atoms with Gasteiger partial charge in [0.25, 0.3) is 5.91 Å². The third-order valence-electron chi connectivity index (χ3n) is 4.20. The Bertz CT molecular complexity index is 553. The van der Waals surface area contributed by atoms with Gasteiger partial charge in [0.2, 0.25) is 0 Å². The van der Waals surface area contributed by atoms with Crippen LogP contribution in [-0.4, -0.2) is 52.7 Å². The van der Waals surface area contributed by atoms with Crippen LogP contribution >= 0.6 is 0 Å². The second-order valence-electron chi connectivity index (χ2n) is 5.70. The number of likely N-dealkylation sites (tertiary alicyclic amines) is 1. The first-order valence-electron chi connectivity index (χ1n) is 7.54. The van der Waals surface area contributed by atoms with Gasteiger partial charge in [-0.2, -0.15) is 0 Å². The van der Waals surface area contributed by atoms with Gasteiger partial charge in [-0.25, -0.2) is 9.78 Å². The first-order valence-corrected chi connectivity index (χ1v) is 7.54. The van der Waals surface area contributed by atoms with Gasteiger partial charge in [-0.1, -0.05) is 13.3 Å². The molecule has 0 aliphatic carbocycles. The fraction of sp³-hybridized carbons (Fsp3) is 0.562. The van der Waals surface area contributed by atoms with Crippen molar-refractivity contribution in [3.8, 4) is 0 Å². The van der Waals surface area contributed by atoms with Gasteiger partial charge in [-0.3, -0.25) is 4.79 Å². The van der Waals surface area contributed by atoms with Crippen LogP contribution < -0.4 is 0 Å². The Hall–Kier alpha value is -1.95. The second-order valence-corrected chi connectivity index (χ2v) is 5.70. The molecule has 0 aromatic carbocycles. The molecule has 6 heteroatoms. The molecule has 1 N–H and O–H groups in total. The van der Waals surface area contributed by atoms with Crippen molar-refractivity contribution in [3.63, 3.8) is 0 Å². The lowest BCUT2D eigenvalue weighted by Crippen LogP contribution is -2.50. The Labute approximate surface area is 130 Å². The first kappa shape index (κ1) is 16.4. The lowest BCUT2D eigenvalue weighted by molar-refractivity contribution is 0.0254. The van der Waals surface area contributed by atoms with Crippen LogP contribution in [0.3, 0.4) is 0 Å². The highest BCUT2D eigenvalue weighted by molar-refractivity contribution is 5.97. The van der Waals surface area contributed by atoms with E-state index in [0.717, 1.165) is 25.7 Å².